The lowest BCUT2D eigenvalue weighted by Gasteiger charge is -2.38. The lowest BCUT2D eigenvalue weighted by atomic mass is 9.91. The molecule has 6 heteroatoms. The minimum absolute atomic E-state index is 0.0645. The Labute approximate surface area is 158 Å². The van der Waals surface area contributed by atoms with Crippen LogP contribution in [0.2, 0.25) is 0 Å². The molecular weight excluding hydrogens is 344 g/mol. The Morgan fingerprint density at radius 1 is 1.33 bits per heavy atom. The van der Waals surface area contributed by atoms with Crippen LogP contribution in [0, 0.1) is 6.92 Å². The molecule has 3 heterocycles. The number of hydrogen-bond donors (Lipinski definition) is 0. The molecule has 0 N–H and O–H groups in total. The molecular formula is C21H24N2O4. The summed E-state index contributed by atoms with van der Waals surface area (Å²) in [6.45, 7) is 9.60. The van der Waals surface area contributed by atoms with E-state index in [2.05, 4.69) is 31.8 Å². The molecule has 1 aromatic heterocycles. The highest BCUT2D eigenvalue weighted by molar-refractivity contribution is 5.90. The number of aromatic nitrogens is 1. The van der Waals surface area contributed by atoms with Gasteiger partial charge in [0.2, 0.25) is 0 Å². The van der Waals surface area contributed by atoms with Crippen molar-refractivity contribution in [1.82, 2.24) is 4.68 Å². The van der Waals surface area contributed by atoms with Gasteiger partial charge in [0, 0.05) is 35.9 Å². The number of aryl methyl sites for hydroxylation is 1. The highest BCUT2D eigenvalue weighted by Crippen LogP contribution is 2.42. The third kappa shape index (κ3) is 2.71. The Balaban J connectivity index is 1.98. The molecule has 1 aromatic carbocycles. The zero-order valence-corrected chi connectivity index (χ0v) is 16.2. The van der Waals surface area contributed by atoms with E-state index in [-0.39, 0.29) is 23.6 Å². The number of benzene rings is 1. The summed E-state index contributed by atoms with van der Waals surface area (Å²) in [6.07, 6.45) is 2.45. The Hall–Kier alpha value is -2.76. The van der Waals surface area contributed by atoms with Gasteiger partial charge in [-0.3, -0.25) is 9.47 Å². The number of rotatable bonds is 3. The average molecular weight is 368 g/mol. The van der Waals surface area contributed by atoms with E-state index >= 15 is 0 Å². The van der Waals surface area contributed by atoms with Crippen LogP contribution in [0.4, 0.5) is 0 Å². The molecule has 0 unspecified atom stereocenters. The van der Waals surface area contributed by atoms with Gasteiger partial charge in [0.05, 0.1) is 25.5 Å². The zero-order chi connectivity index (χ0) is 19.3. The molecule has 2 aliphatic heterocycles. The van der Waals surface area contributed by atoms with Gasteiger partial charge in [0.15, 0.2) is 5.43 Å². The van der Waals surface area contributed by atoms with Gasteiger partial charge in [-0.25, -0.2) is 4.79 Å². The number of pyridine rings is 1. The van der Waals surface area contributed by atoms with Crippen LogP contribution in [0.5, 0.6) is 5.75 Å². The first-order chi connectivity index (χ1) is 12.9. The number of hydrogen-bond acceptors (Lipinski definition) is 5. The van der Waals surface area contributed by atoms with Gasteiger partial charge in [-0.05, 0) is 44.9 Å². The van der Waals surface area contributed by atoms with Crippen LogP contribution in [-0.4, -0.2) is 29.9 Å². The van der Waals surface area contributed by atoms with Gasteiger partial charge in [-0.1, -0.05) is 0 Å². The van der Waals surface area contributed by atoms with Crippen LogP contribution < -0.4 is 15.2 Å². The Morgan fingerprint density at radius 2 is 2.11 bits per heavy atom. The molecule has 0 spiro atoms. The lowest BCUT2D eigenvalue weighted by Crippen LogP contribution is -2.44. The summed E-state index contributed by atoms with van der Waals surface area (Å²) in [4.78, 5) is 24.9. The number of ether oxygens (including phenoxy) is 2. The van der Waals surface area contributed by atoms with Gasteiger partial charge in [0.1, 0.15) is 11.3 Å². The van der Waals surface area contributed by atoms with Crippen molar-refractivity contribution in [2.45, 2.75) is 46.7 Å². The van der Waals surface area contributed by atoms with Gasteiger partial charge in [-0.15, -0.1) is 0 Å². The van der Waals surface area contributed by atoms with E-state index in [4.69, 9.17) is 9.47 Å². The first-order valence-corrected chi connectivity index (χ1v) is 9.41. The molecule has 2 aliphatic rings. The van der Waals surface area contributed by atoms with Crippen molar-refractivity contribution in [2.75, 3.05) is 18.2 Å². The van der Waals surface area contributed by atoms with E-state index in [0.29, 0.717) is 13.2 Å². The number of esters is 1. The van der Waals surface area contributed by atoms with Crippen molar-refractivity contribution in [3.63, 3.8) is 0 Å². The molecule has 0 amide bonds. The molecule has 0 atom stereocenters. The second-order valence-electron chi connectivity index (χ2n) is 7.33. The fourth-order valence-electron chi connectivity index (χ4n) is 4.05. The summed E-state index contributed by atoms with van der Waals surface area (Å²) in [5, 5.41) is 2.15. The molecule has 0 saturated carbocycles. The van der Waals surface area contributed by atoms with E-state index in [9.17, 15) is 9.59 Å². The number of nitrogens with zero attached hydrogens (tertiary/aromatic N) is 2. The SMILES string of the molecule is CCOC(=O)c1cn2c(cc1=O)-c1c(cc(C)c3c1CCO3)CN2C(C)C. The topological polar surface area (TPSA) is 60.8 Å². The van der Waals surface area contributed by atoms with Crippen LogP contribution in [0.25, 0.3) is 11.3 Å². The molecule has 6 nitrogen and oxygen atoms in total. The minimum atomic E-state index is -0.579. The summed E-state index contributed by atoms with van der Waals surface area (Å²) < 4.78 is 12.8. The van der Waals surface area contributed by atoms with Gasteiger partial charge in [-0.2, -0.15) is 0 Å². The molecule has 142 valence electrons. The summed E-state index contributed by atoms with van der Waals surface area (Å²) in [5.41, 5.74) is 5.10. The van der Waals surface area contributed by atoms with Crippen molar-refractivity contribution >= 4 is 5.97 Å². The Bertz CT molecular complexity index is 991. The summed E-state index contributed by atoms with van der Waals surface area (Å²) in [5.74, 6) is 0.352. The van der Waals surface area contributed by atoms with Crippen LogP contribution >= 0.6 is 0 Å². The molecule has 4 rings (SSSR count). The first-order valence-electron chi connectivity index (χ1n) is 9.41. The largest absolute Gasteiger partial charge is 0.493 e. The fourth-order valence-corrected chi connectivity index (χ4v) is 4.05. The van der Waals surface area contributed by atoms with Crippen LogP contribution in [0.1, 0.15) is 47.8 Å². The van der Waals surface area contributed by atoms with Crippen molar-refractivity contribution in [1.29, 1.82) is 0 Å². The molecule has 0 radical (unpaired) electrons. The molecule has 0 bridgehead atoms. The van der Waals surface area contributed by atoms with Crippen molar-refractivity contribution in [2.24, 2.45) is 0 Å². The quantitative estimate of drug-likeness (QED) is 0.780. The predicted octanol–water partition coefficient (Wildman–Crippen LogP) is 2.80. The van der Waals surface area contributed by atoms with Gasteiger partial charge >= 0.3 is 5.97 Å². The molecule has 2 aromatic rings. The number of fused-ring (bicyclic) bond motifs is 5. The van der Waals surface area contributed by atoms with Gasteiger partial charge < -0.3 is 14.5 Å². The molecule has 0 saturated heterocycles. The number of carbonyl (C=O) groups excluding carboxylic acids is 1. The second-order valence-corrected chi connectivity index (χ2v) is 7.33. The smallest absolute Gasteiger partial charge is 0.343 e. The van der Waals surface area contributed by atoms with Crippen LogP contribution in [0.15, 0.2) is 23.1 Å². The van der Waals surface area contributed by atoms with Crippen molar-refractivity contribution in [3.8, 4) is 17.0 Å². The van der Waals surface area contributed by atoms with Crippen LogP contribution in [-0.2, 0) is 17.7 Å². The highest BCUT2D eigenvalue weighted by atomic mass is 16.5. The summed E-state index contributed by atoms with van der Waals surface area (Å²) >= 11 is 0. The Kier molecular flexibility index (Phi) is 4.21. The summed E-state index contributed by atoms with van der Waals surface area (Å²) in [6, 6.07) is 3.91. The third-order valence-electron chi connectivity index (χ3n) is 5.23. The third-order valence-corrected chi connectivity index (χ3v) is 5.23. The van der Waals surface area contributed by atoms with Crippen molar-refractivity contribution in [3.05, 3.63) is 50.8 Å². The predicted molar refractivity (Wildman–Crippen MR) is 103 cm³/mol. The van der Waals surface area contributed by atoms with E-state index in [0.717, 1.165) is 34.6 Å². The maximum atomic E-state index is 12.7. The Morgan fingerprint density at radius 3 is 2.81 bits per heavy atom. The maximum Gasteiger partial charge on any atom is 0.343 e. The lowest BCUT2D eigenvalue weighted by molar-refractivity contribution is 0.0523. The van der Waals surface area contributed by atoms with Crippen molar-refractivity contribution < 1.29 is 14.3 Å². The fraction of sp³-hybridized carbons (Fsp3) is 0.429. The average Bonchev–Trinajstić information content (AvgIpc) is 3.10. The highest BCUT2D eigenvalue weighted by Gasteiger charge is 2.31. The summed E-state index contributed by atoms with van der Waals surface area (Å²) in [7, 11) is 0. The standard InChI is InChI=1S/C21H24N2O4/c1-5-26-21(25)16-11-23-17(9-18(16)24)19-14(10-22(23)12(2)3)8-13(4)20-15(19)6-7-27-20/h8-9,11-12H,5-7,10H2,1-4H3. The van der Waals surface area contributed by atoms with E-state index < -0.39 is 5.97 Å². The molecule has 0 fully saturated rings. The van der Waals surface area contributed by atoms with Gasteiger partial charge in [0.25, 0.3) is 0 Å². The normalized spacial score (nSPS) is 14.5. The van der Waals surface area contributed by atoms with Crippen LogP contribution in [0.3, 0.4) is 0 Å². The zero-order valence-electron chi connectivity index (χ0n) is 16.2. The maximum absolute atomic E-state index is 12.7. The first kappa shape index (κ1) is 17.6. The molecule has 27 heavy (non-hydrogen) atoms. The number of carbonyl (C=O) groups is 1. The second kappa shape index (κ2) is 6.44. The monoisotopic (exact) mass is 368 g/mol. The van der Waals surface area contributed by atoms with E-state index in [1.54, 1.807) is 19.2 Å². The minimum Gasteiger partial charge on any atom is -0.493 e. The van der Waals surface area contributed by atoms with E-state index in [1.165, 1.54) is 5.56 Å². The van der Waals surface area contributed by atoms with E-state index in [1.807, 2.05) is 4.68 Å². The molecule has 0 aliphatic carbocycles.